The van der Waals surface area contributed by atoms with Gasteiger partial charge >= 0.3 is 8.03 Å². The Morgan fingerprint density at radius 2 is 2.00 bits per heavy atom. The summed E-state index contributed by atoms with van der Waals surface area (Å²) < 4.78 is 34.8. The SMILES string of the molecule is CC(OS(C)(=O)=O)[P+](=O)O. The molecule has 5 nitrogen and oxygen atoms in total. The van der Waals surface area contributed by atoms with E-state index in [1.54, 1.807) is 0 Å². The lowest BCUT2D eigenvalue weighted by molar-refractivity contribution is 0.286. The lowest BCUT2D eigenvalue weighted by Gasteiger charge is -1.95. The van der Waals surface area contributed by atoms with Crippen LogP contribution < -0.4 is 0 Å². The van der Waals surface area contributed by atoms with Crippen molar-refractivity contribution in [3.8, 4) is 0 Å². The summed E-state index contributed by atoms with van der Waals surface area (Å²) >= 11 is 0. The van der Waals surface area contributed by atoms with Crippen molar-refractivity contribution in [2.24, 2.45) is 0 Å². The van der Waals surface area contributed by atoms with Crippen molar-refractivity contribution in [1.82, 2.24) is 0 Å². The topological polar surface area (TPSA) is 80.7 Å². The number of hydrogen-bond acceptors (Lipinski definition) is 4. The first-order chi connectivity index (χ1) is 4.33. The highest BCUT2D eigenvalue weighted by Gasteiger charge is 2.27. The molecule has 10 heavy (non-hydrogen) atoms. The van der Waals surface area contributed by atoms with Crippen LogP contribution in [0.15, 0.2) is 0 Å². The normalized spacial score (nSPS) is 16.5. The highest BCUT2D eigenvalue weighted by molar-refractivity contribution is 7.86. The first kappa shape index (κ1) is 9.97. The van der Waals surface area contributed by atoms with Gasteiger partial charge in [-0.1, -0.05) is 0 Å². The van der Waals surface area contributed by atoms with Gasteiger partial charge in [0, 0.05) is 6.92 Å². The van der Waals surface area contributed by atoms with Crippen molar-refractivity contribution in [1.29, 1.82) is 0 Å². The molecule has 0 saturated heterocycles. The molecule has 0 aliphatic heterocycles. The molecule has 0 spiro atoms. The van der Waals surface area contributed by atoms with Gasteiger partial charge in [0.2, 0.25) is 0 Å². The zero-order valence-corrected chi connectivity index (χ0v) is 7.22. The molecule has 0 aliphatic rings. The van der Waals surface area contributed by atoms with E-state index in [1.165, 1.54) is 6.92 Å². The van der Waals surface area contributed by atoms with E-state index in [0.29, 0.717) is 0 Å². The second kappa shape index (κ2) is 3.39. The van der Waals surface area contributed by atoms with Gasteiger partial charge in [0.15, 0.2) is 0 Å². The summed E-state index contributed by atoms with van der Waals surface area (Å²) in [5.41, 5.74) is 0. The average Bonchev–Trinajstić information content (AvgIpc) is 1.60. The zero-order valence-electron chi connectivity index (χ0n) is 5.51. The van der Waals surface area contributed by atoms with Gasteiger partial charge in [-0.2, -0.15) is 13.3 Å². The van der Waals surface area contributed by atoms with E-state index in [2.05, 4.69) is 4.18 Å². The lowest BCUT2D eigenvalue weighted by atomic mass is 10.9. The highest BCUT2D eigenvalue weighted by Crippen LogP contribution is 2.23. The molecule has 0 heterocycles. The molecule has 0 rings (SSSR count). The fourth-order valence-corrected chi connectivity index (χ4v) is 1.56. The van der Waals surface area contributed by atoms with Gasteiger partial charge in [-0.25, -0.2) is 4.18 Å². The van der Waals surface area contributed by atoms with E-state index in [-0.39, 0.29) is 0 Å². The molecule has 0 bridgehead atoms. The van der Waals surface area contributed by atoms with Crippen LogP contribution in [0.2, 0.25) is 0 Å². The monoisotopic (exact) mass is 187 g/mol. The van der Waals surface area contributed by atoms with Crippen LogP contribution in [0, 0.1) is 0 Å². The van der Waals surface area contributed by atoms with Crippen molar-refractivity contribution < 1.29 is 22.1 Å². The standard InChI is InChI=1S/C3H7O5PS/c1-3(9(4)5)8-10(2,6)7/h3H,1-2H3/p+1. The molecule has 2 atom stereocenters. The van der Waals surface area contributed by atoms with Crippen LogP contribution in [-0.2, 0) is 18.9 Å². The van der Waals surface area contributed by atoms with Gasteiger partial charge in [-0.05, 0) is 4.57 Å². The van der Waals surface area contributed by atoms with E-state index in [1.807, 2.05) is 0 Å². The summed E-state index contributed by atoms with van der Waals surface area (Å²) in [6.45, 7) is 1.21. The quantitative estimate of drug-likeness (QED) is 0.498. The van der Waals surface area contributed by atoms with Crippen LogP contribution in [-0.4, -0.2) is 25.4 Å². The van der Waals surface area contributed by atoms with Gasteiger partial charge < -0.3 is 0 Å². The number of rotatable bonds is 3. The first-order valence-electron chi connectivity index (χ1n) is 2.36. The fraction of sp³-hybridized carbons (Fsp3) is 1.00. The summed E-state index contributed by atoms with van der Waals surface area (Å²) in [6.07, 6.45) is 0.822. The molecule has 0 aromatic rings. The second-order valence-corrected chi connectivity index (χ2v) is 4.64. The molecule has 1 N–H and O–H groups in total. The van der Waals surface area contributed by atoms with Crippen LogP contribution in [0.3, 0.4) is 0 Å². The van der Waals surface area contributed by atoms with E-state index in [0.717, 1.165) is 6.26 Å². The molecule has 0 radical (unpaired) electrons. The molecule has 0 aromatic heterocycles. The van der Waals surface area contributed by atoms with E-state index in [9.17, 15) is 13.0 Å². The van der Waals surface area contributed by atoms with Crippen molar-refractivity contribution in [3.05, 3.63) is 0 Å². The molecule has 2 unspecified atom stereocenters. The smallest absolute Gasteiger partial charge is 0.215 e. The van der Waals surface area contributed by atoms with E-state index >= 15 is 0 Å². The van der Waals surface area contributed by atoms with Crippen molar-refractivity contribution in [3.63, 3.8) is 0 Å². The molecular formula is C3H8O5PS+. The Hall–Kier alpha value is -0.0300. The Kier molecular flexibility index (Phi) is 3.38. The van der Waals surface area contributed by atoms with E-state index < -0.39 is 24.0 Å². The van der Waals surface area contributed by atoms with Crippen molar-refractivity contribution >= 4 is 18.1 Å². The number of hydrogen-bond donors (Lipinski definition) is 1. The highest BCUT2D eigenvalue weighted by atomic mass is 32.2. The predicted octanol–water partition coefficient (Wildman–Crippen LogP) is 0.0433. The minimum atomic E-state index is -3.61. The van der Waals surface area contributed by atoms with Gasteiger partial charge in [0.25, 0.3) is 16.0 Å². The largest absolute Gasteiger partial charge is 0.538 e. The van der Waals surface area contributed by atoms with Crippen molar-refractivity contribution in [2.75, 3.05) is 6.26 Å². The second-order valence-electron chi connectivity index (χ2n) is 1.70. The zero-order chi connectivity index (χ0) is 8.36. The van der Waals surface area contributed by atoms with Gasteiger partial charge in [-0.15, -0.1) is 0 Å². The Bertz CT molecular complexity index is 219. The molecule has 0 saturated carbocycles. The molecule has 60 valence electrons. The Balaban J connectivity index is 4.06. The fourth-order valence-electron chi connectivity index (χ4n) is 0.290. The molecule has 0 aromatic carbocycles. The maximum Gasteiger partial charge on any atom is 0.538 e. The van der Waals surface area contributed by atoms with Gasteiger partial charge in [0.05, 0.1) is 6.26 Å². The average molecular weight is 187 g/mol. The van der Waals surface area contributed by atoms with Crippen LogP contribution in [0.4, 0.5) is 0 Å². The molecule has 7 heteroatoms. The first-order valence-corrected chi connectivity index (χ1v) is 5.46. The molecule has 0 aliphatic carbocycles. The molecular weight excluding hydrogens is 179 g/mol. The molecule has 0 amide bonds. The minimum absolute atomic E-state index is 0.822. The van der Waals surface area contributed by atoms with Crippen molar-refractivity contribution in [2.45, 2.75) is 12.8 Å². The lowest BCUT2D eigenvalue weighted by Crippen LogP contribution is -2.09. The van der Waals surface area contributed by atoms with Gasteiger partial charge in [-0.3, -0.25) is 0 Å². The van der Waals surface area contributed by atoms with Crippen LogP contribution in [0.1, 0.15) is 6.92 Å². The third-order valence-electron chi connectivity index (χ3n) is 0.625. The van der Waals surface area contributed by atoms with Gasteiger partial charge in [0.1, 0.15) is 0 Å². The third-order valence-corrected chi connectivity index (χ3v) is 2.13. The summed E-state index contributed by atoms with van der Waals surface area (Å²) in [5, 5.41) is 0. The van der Waals surface area contributed by atoms with Crippen LogP contribution >= 0.6 is 8.03 Å². The van der Waals surface area contributed by atoms with Crippen LogP contribution in [0.5, 0.6) is 0 Å². The summed E-state index contributed by atoms with van der Waals surface area (Å²) in [7, 11) is -6.19. The molecule has 0 fully saturated rings. The Morgan fingerprint density at radius 3 is 2.10 bits per heavy atom. The predicted molar refractivity (Wildman–Crippen MR) is 35.2 cm³/mol. The minimum Gasteiger partial charge on any atom is -0.215 e. The maximum absolute atomic E-state index is 10.3. The van der Waals surface area contributed by atoms with Crippen LogP contribution in [0.25, 0.3) is 0 Å². The maximum atomic E-state index is 10.3. The summed E-state index contributed by atoms with van der Waals surface area (Å²) in [5.74, 6) is -1.16. The van der Waals surface area contributed by atoms with E-state index in [4.69, 9.17) is 4.89 Å². The summed E-state index contributed by atoms with van der Waals surface area (Å²) in [4.78, 5) is 8.30. The summed E-state index contributed by atoms with van der Waals surface area (Å²) in [6, 6.07) is 0. The third kappa shape index (κ3) is 4.81. The Labute approximate surface area is 60.0 Å². The Morgan fingerprint density at radius 1 is 1.60 bits per heavy atom.